The summed E-state index contributed by atoms with van der Waals surface area (Å²) in [6.45, 7) is 3.30. The molecule has 0 aliphatic carbocycles. The summed E-state index contributed by atoms with van der Waals surface area (Å²) in [4.78, 5) is 41.6. The Labute approximate surface area is 314 Å². The first-order valence-electron chi connectivity index (χ1n) is 19.1. The Kier molecular flexibility index (Phi) is 9.52. The fraction of sp³-hybridized carbons (Fsp3) is 0.429. The van der Waals surface area contributed by atoms with Crippen LogP contribution in [0.3, 0.4) is 0 Å². The van der Waals surface area contributed by atoms with E-state index in [0.717, 1.165) is 40.6 Å². The zero-order valence-electron chi connectivity index (χ0n) is 30.5. The number of aromatic nitrogens is 2. The normalized spacial score (nSPS) is 23.2. The Hall–Kier alpha value is -4.88. The number of nitrogens with one attached hydrogen (secondary N) is 3. The zero-order chi connectivity index (χ0) is 36.6. The number of hydrogen-bond acceptors (Lipinski definition) is 9. The van der Waals surface area contributed by atoms with E-state index in [-0.39, 0.29) is 18.4 Å². The lowest BCUT2D eigenvalue weighted by atomic mass is 9.90. The van der Waals surface area contributed by atoms with Gasteiger partial charge >= 0.3 is 6.09 Å². The summed E-state index contributed by atoms with van der Waals surface area (Å²) in [6, 6.07) is 21.0. The second kappa shape index (κ2) is 14.7. The molecule has 3 aromatic carbocycles. The number of benzene rings is 3. The number of aromatic amines is 1. The van der Waals surface area contributed by atoms with Crippen LogP contribution < -0.4 is 10.6 Å². The molecule has 5 aliphatic heterocycles. The van der Waals surface area contributed by atoms with Crippen LogP contribution in [0.15, 0.2) is 78.1 Å². The molecule has 3 N–H and O–H groups in total. The highest BCUT2D eigenvalue weighted by atomic mass is 16.7. The van der Waals surface area contributed by atoms with Gasteiger partial charge in [0.25, 0.3) is 0 Å². The minimum absolute atomic E-state index is 0.0882. The number of allylic oxidation sites excluding steroid dienone is 1. The van der Waals surface area contributed by atoms with E-state index in [9.17, 15) is 9.59 Å². The number of hydrogen-bond donors (Lipinski definition) is 3. The molecule has 0 bridgehead atoms. The average molecular weight is 731 g/mol. The zero-order valence-corrected chi connectivity index (χ0v) is 30.5. The number of carbonyl (C=O) groups is 2. The number of fused-ring (bicyclic) bond motifs is 1. The quantitative estimate of drug-likeness (QED) is 0.201. The lowest BCUT2D eigenvalue weighted by Gasteiger charge is -2.34. The van der Waals surface area contributed by atoms with E-state index in [2.05, 4.69) is 76.3 Å². The van der Waals surface area contributed by atoms with Crippen molar-refractivity contribution >= 4 is 34.1 Å². The summed E-state index contributed by atoms with van der Waals surface area (Å²) in [5.74, 6) is -0.575. The summed E-state index contributed by atoms with van der Waals surface area (Å²) in [7, 11) is 1.30. The van der Waals surface area contributed by atoms with Crippen LogP contribution >= 0.6 is 0 Å². The van der Waals surface area contributed by atoms with Gasteiger partial charge in [0, 0.05) is 49.6 Å². The van der Waals surface area contributed by atoms with Gasteiger partial charge in [-0.25, -0.2) is 9.78 Å². The minimum Gasteiger partial charge on any atom is -0.453 e. The van der Waals surface area contributed by atoms with E-state index in [0.29, 0.717) is 57.6 Å². The molecule has 2 amide bonds. The van der Waals surface area contributed by atoms with Crippen molar-refractivity contribution in [2.24, 2.45) is 10.9 Å². The van der Waals surface area contributed by atoms with Gasteiger partial charge in [-0.15, -0.1) is 0 Å². The fourth-order valence-electron chi connectivity index (χ4n) is 8.74. The van der Waals surface area contributed by atoms with Gasteiger partial charge in [0.15, 0.2) is 5.79 Å². The van der Waals surface area contributed by atoms with Crippen LogP contribution in [0.5, 0.6) is 0 Å². The number of H-pyrrole nitrogens is 1. The Morgan fingerprint density at radius 2 is 1.65 bits per heavy atom. The number of amides is 2. The first-order valence-corrected chi connectivity index (χ1v) is 19.1. The fourth-order valence-corrected chi connectivity index (χ4v) is 8.74. The van der Waals surface area contributed by atoms with Crippen molar-refractivity contribution < 1.29 is 28.5 Å². The Balaban J connectivity index is 0.925. The number of methoxy groups -OCH3 is 1. The maximum atomic E-state index is 14.4. The highest BCUT2D eigenvalue weighted by molar-refractivity contribution is 6.01. The van der Waals surface area contributed by atoms with Crippen LogP contribution in [0.1, 0.15) is 56.0 Å². The molecule has 1 spiro atoms. The van der Waals surface area contributed by atoms with Gasteiger partial charge in [-0.1, -0.05) is 48.5 Å². The van der Waals surface area contributed by atoms with Crippen molar-refractivity contribution in [1.82, 2.24) is 25.5 Å². The van der Waals surface area contributed by atoms with Gasteiger partial charge in [0.1, 0.15) is 11.9 Å². The molecule has 4 fully saturated rings. The number of nitrogens with zero attached hydrogens (tertiary/aromatic N) is 3. The van der Waals surface area contributed by atoms with E-state index >= 15 is 0 Å². The molecule has 3 atom stereocenters. The Morgan fingerprint density at radius 1 is 0.926 bits per heavy atom. The highest BCUT2D eigenvalue weighted by Gasteiger charge is 2.53. The summed E-state index contributed by atoms with van der Waals surface area (Å²) in [5, 5.41) is 8.64. The third kappa shape index (κ3) is 6.83. The Morgan fingerprint density at radius 3 is 2.39 bits per heavy atom. The lowest BCUT2D eigenvalue weighted by molar-refractivity contribution is -0.154. The van der Waals surface area contributed by atoms with Crippen molar-refractivity contribution in [3.05, 3.63) is 84.4 Å². The average Bonchev–Trinajstić information content (AvgIpc) is 4.08. The molecule has 280 valence electrons. The first-order chi connectivity index (χ1) is 26.4. The van der Waals surface area contributed by atoms with Gasteiger partial charge in [-0.05, 0) is 83.3 Å². The molecule has 12 nitrogen and oxygen atoms in total. The maximum Gasteiger partial charge on any atom is 0.407 e. The van der Waals surface area contributed by atoms with Crippen LogP contribution in [0.4, 0.5) is 4.79 Å². The molecule has 4 saturated heterocycles. The summed E-state index contributed by atoms with van der Waals surface area (Å²) < 4.78 is 22.7. The number of carbonyl (C=O) groups excluding carboxylic acids is 2. The smallest absolute Gasteiger partial charge is 0.407 e. The van der Waals surface area contributed by atoms with Gasteiger partial charge in [0.2, 0.25) is 5.91 Å². The van der Waals surface area contributed by atoms with E-state index in [1.165, 1.54) is 42.4 Å². The van der Waals surface area contributed by atoms with Gasteiger partial charge in [-0.3, -0.25) is 9.79 Å². The second-order valence-corrected chi connectivity index (χ2v) is 15.0. The number of imidazole rings is 1. The summed E-state index contributed by atoms with van der Waals surface area (Å²) >= 11 is 0. The predicted molar refractivity (Wildman–Crippen MR) is 205 cm³/mol. The monoisotopic (exact) mass is 730 g/mol. The SMILES string of the molecule is COC(=O)N[C@H](C(=O)N1CC2(C[C@H]1c1ncc(-c3ccc4cc(-c5ccc(C6=CN=C([C@@H]7CCCN7)C6)cc5)ccc4c3)[nH]1)OCCO2)C1CCOCC1. The van der Waals surface area contributed by atoms with Crippen molar-refractivity contribution in [2.75, 3.05) is 46.6 Å². The third-order valence-corrected chi connectivity index (χ3v) is 11.7. The molecule has 5 aliphatic rings. The molecule has 0 radical (unpaired) electrons. The van der Waals surface area contributed by atoms with Crippen molar-refractivity contribution in [1.29, 1.82) is 0 Å². The molecule has 4 aromatic rings. The summed E-state index contributed by atoms with van der Waals surface area (Å²) in [6.07, 6.45) is 8.27. The molecule has 6 heterocycles. The van der Waals surface area contributed by atoms with Crippen LogP contribution in [-0.2, 0) is 23.7 Å². The van der Waals surface area contributed by atoms with Crippen molar-refractivity contribution in [3.8, 4) is 22.4 Å². The second-order valence-electron chi connectivity index (χ2n) is 15.0. The van der Waals surface area contributed by atoms with E-state index in [1.807, 2.05) is 12.4 Å². The standard InChI is InChI=1S/C42H46N6O6/c1-51-41(50)47-38(28-12-15-52-16-13-28)40(49)48-25-42(53-17-18-54-42)22-37(48)39-45-24-36(46-39)32-11-10-30-19-29(8-9-31(30)20-32)26-4-6-27(7-5-26)33-21-35(44-23-33)34-3-2-14-43-34/h4-11,19-20,23-24,28,34,37-38,43H,2-3,12-18,21-22,25H2,1H3,(H,45,46)(H,47,50)/t34-,37-,38-/m0/s1. The first kappa shape index (κ1) is 34.9. The van der Waals surface area contributed by atoms with Crippen LogP contribution in [0.25, 0.3) is 38.7 Å². The van der Waals surface area contributed by atoms with Crippen LogP contribution in [-0.4, -0.2) is 97.1 Å². The number of rotatable bonds is 8. The molecule has 54 heavy (non-hydrogen) atoms. The molecule has 0 unspecified atom stereocenters. The highest BCUT2D eigenvalue weighted by Crippen LogP contribution is 2.43. The molecular formula is C42H46N6O6. The third-order valence-electron chi connectivity index (χ3n) is 11.7. The topological polar surface area (TPSA) is 139 Å². The number of ether oxygens (including phenoxy) is 4. The van der Waals surface area contributed by atoms with Crippen LogP contribution in [0.2, 0.25) is 0 Å². The Bertz CT molecular complexity index is 2090. The number of aliphatic imine (C=N–C) groups is 1. The maximum absolute atomic E-state index is 14.4. The lowest BCUT2D eigenvalue weighted by Crippen LogP contribution is -2.54. The number of likely N-dealkylation sites (tertiary alicyclic amines) is 1. The largest absolute Gasteiger partial charge is 0.453 e. The van der Waals surface area contributed by atoms with Gasteiger partial charge in [-0.2, -0.15) is 0 Å². The molecule has 12 heteroatoms. The minimum atomic E-state index is -0.918. The van der Waals surface area contributed by atoms with Gasteiger partial charge in [0.05, 0.1) is 44.8 Å². The van der Waals surface area contributed by atoms with Crippen LogP contribution in [0, 0.1) is 5.92 Å². The molecular weight excluding hydrogens is 684 g/mol. The van der Waals surface area contributed by atoms with Crippen molar-refractivity contribution in [2.45, 2.75) is 62.4 Å². The molecule has 1 aromatic heterocycles. The molecule has 0 saturated carbocycles. The van der Waals surface area contributed by atoms with E-state index < -0.39 is 24.0 Å². The molecule has 9 rings (SSSR count). The van der Waals surface area contributed by atoms with E-state index in [1.54, 1.807) is 4.90 Å². The number of alkyl carbamates (subject to hydrolysis) is 1. The van der Waals surface area contributed by atoms with Crippen molar-refractivity contribution in [3.63, 3.8) is 0 Å². The summed E-state index contributed by atoms with van der Waals surface area (Å²) in [5.41, 5.74) is 7.93. The predicted octanol–water partition coefficient (Wildman–Crippen LogP) is 6.00. The van der Waals surface area contributed by atoms with E-state index in [4.69, 9.17) is 28.9 Å². The van der Waals surface area contributed by atoms with Gasteiger partial charge < -0.3 is 39.5 Å².